The van der Waals surface area contributed by atoms with Gasteiger partial charge in [-0.3, -0.25) is 4.79 Å². The maximum absolute atomic E-state index is 10.5. The quantitative estimate of drug-likeness (QED) is 0.322. The van der Waals surface area contributed by atoms with Crippen LogP contribution in [0.1, 0.15) is 39.0 Å². The van der Waals surface area contributed by atoms with Crippen LogP contribution in [0.4, 0.5) is 0 Å². The lowest BCUT2D eigenvalue weighted by atomic mass is 10.1. The molecule has 0 aromatic rings. The molecular formula is C11H18O. The summed E-state index contributed by atoms with van der Waals surface area (Å²) in [5, 5.41) is 0. The van der Waals surface area contributed by atoms with Crippen LogP contribution < -0.4 is 0 Å². The number of unbranched alkanes of at least 4 members (excludes halogenated alkanes) is 4. The molecule has 68 valence electrons. The lowest BCUT2D eigenvalue weighted by Gasteiger charge is -1.93. The van der Waals surface area contributed by atoms with E-state index >= 15 is 0 Å². The van der Waals surface area contributed by atoms with Gasteiger partial charge in [-0.2, -0.15) is 0 Å². The van der Waals surface area contributed by atoms with E-state index in [0.717, 1.165) is 12.8 Å². The Hall–Kier alpha value is -0.850. The maximum atomic E-state index is 10.5. The Morgan fingerprint density at radius 2 is 1.92 bits per heavy atom. The van der Waals surface area contributed by atoms with Gasteiger partial charge in [-0.25, -0.2) is 0 Å². The first-order chi connectivity index (χ1) is 5.77. The molecule has 0 saturated carbocycles. The molecule has 0 unspecified atom stereocenters. The fourth-order valence-corrected chi connectivity index (χ4v) is 0.977. The summed E-state index contributed by atoms with van der Waals surface area (Å²) in [4.78, 5) is 10.5. The zero-order valence-corrected chi connectivity index (χ0v) is 7.88. The SMILES string of the molecule is C=CCCCCC/C=C/C(C)=O. The Morgan fingerprint density at radius 3 is 2.50 bits per heavy atom. The average molecular weight is 166 g/mol. The minimum Gasteiger partial charge on any atom is -0.295 e. The lowest BCUT2D eigenvalue weighted by Crippen LogP contribution is -1.80. The van der Waals surface area contributed by atoms with E-state index in [1.165, 1.54) is 19.3 Å². The third-order valence-electron chi connectivity index (χ3n) is 1.63. The Kier molecular flexibility index (Phi) is 7.66. The first kappa shape index (κ1) is 11.2. The molecule has 0 radical (unpaired) electrons. The van der Waals surface area contributed by atoms with E-state index in [1.54, 1.807) is 13.0 Å². The lowest BCUT2D eigenvalue weighted by molar-refractivity contribution is -0.112. The first-order valence-corrected chi connectivity index (χ1v) is 4.55. The molecule has 0 aliphatic rings. The van der Waals surface area contributed by atoms with Gasteiger partial charge in [0.2, 0.25) is 0 Å². The van der Waals surface area contributed by atoms with Gasteiger partial charge in [0, 0.05) is 0 Å². The van der Waals surface area contributed by atoms with Crippen LogP contribution in [0.5, 0.6) is 0 Å². The molecule has 0 aliphatic carbocycles. The van der Waals surface area contributed by atoms with E-state index in [4.69, 9.17) is 0 Å². The second-order valence-electron chi connectivity index (χ2n) is 2.94. The van der Waals surface area contributed by atoms with Gasteiger partial charge in [-0.15, -0.1) is 6.58 Å². The van der Waals surface area contributed by atoms with Gasteiger partial charge in [0.05, 0.1) is 0 Å². The number of hydrogen-bond acceptors (Lipinski definition) is 1. The topological polar surface area (TPSA) is 17.1 Å². The van der Waals surface area contributed by atoms with Gasteiger partial charge >= 0.3 is 0 Å². The minimum absolute atomic E-state index is 0.140. The summed E-state index contributed by atoms with van der Waals surface area (Å²) in [6, 6.07) is 0. The summed E-state index contributed by atoms with van der Waals surface area (Å²) in [5.41, 5.74) is 0. The number of rotatable bonds is 7. The zero-order valence-electron chi connectivity index (χ0n) is 7.88. The third-order valence-corrected chi connectivity index (χ3v) is 1.63. The minimum atomic E-state index is 0.140. The molecule has 0 atom stereocenters. The largest absolute Gasteiger partial charge is 0.295 e. The van der Waals surface area contributed by atoms with Gasteiger partial charge in [0.1, 0.15) is 0 Å². The maximum Gasteiger partial charge on any atom is 0.152 e. The highest BCUT2D eigenvalue weighted by Crippen LogP contribution is 2.03. The van der Waals surface area contributed by atoms with Crippen molar-refractivity contribution in [3.63, 3.8) is 0 Å². The molecule has 0 rings (SSSR count). The standard InChI is InChI=1S/C11H18O/c1-3-4-5-6-7-8-9-10-11(2)12/h3,9-10H,1,4-8H2,2H3/b10-9+. The van der Waals surface area contributed by atoms with Crippen molar-refractivity contribution in [3.8, 4) is 0 Å². The normalized spacial score (nSPS) is 10.4. The molecule has 0 saturated heterocycles. The third kappa shape index (κ3) is 9.15. The molecule has 1 heteroatoms. The van der Waals surface area contributed by atoms with Crippen molar-refractivity contribution in [2.45, 2.75) is 39.0 Å². The smallest absolute Gasteiger partial charge is 0.152 e. The van der Waals surface area contributed by atoms with E-state index in [0.29, 0.717) is 0 Å². The fourth-order valence-electron chi connectivity index (χ4n) is 0.977. The molecule has 12 heavy (non-hydrogen) atoms. The molecule has 0 heterocycles. The van der Waals surface area contributed by atoms with Crippen LogP contribution in [0, 0.1) is 0 Å². The highest BCUT2D eigenvalue weighted by molar-refractivity contribution is 5.87. The second kappa shape index (κ2) is 8.25. The summed E-state index contributed by atoms with van der Waals surface area (Å²) >= 11 is 0. The monoisotopic (exact) mass is 166 g/mol. The van der Waals surface area contributed by atoms with E-state index in [-0.39, 0.29) is 5.78 Å². The summed E-state index contributed by atoms with van der Waals surface area (Å²) in [6.07, 6.45) is 11.3. The molecule has 0 amide bonds. The Labute approximate surface area is 75.2 Å². The highest BCUT2D eigenvalue weighted by atomic mass is 16.1. The number of ketones is 1. The van der Waals surface area contributed by atoms with Crippen molar-refractivity contribution in [1.82, 2.24) is 0 Å². The van der Waals surface area contributed by atoms with Crippen molar-refractivity contribution < 1.29 is 4.79 Å². The van der Waals surface area contributed by atoms with Gasteiger partial charge in [0.15, 0.2) is 5.78 Å². The van der Waals surface area contributed by atoms with E-state index in [2.05, 4.69) is 6.58 Å². The Morgan fingerprint density at radius 1 is 1.25 bits per heavy atom. The van der Waals surface area contributed by atoms with Gasteiger partial charge in [0.25, 0.3) is 0 Å². The van der Waals surface area contributed by atoms with E-state index in [1.807, 2.05) is 12.2 Å². The van der Waals surface area contributed by atoms with Crippen LogP contribution in [0.15, 0.2) is 24.8 Å². The van der Waals surface area contributed by atoms with Crippen LogP contribution in [0.2, 0.25) is 0 Å². The molecule has 1 nitrogen and oxygen atoms in total. The van der Waals surface area contributed by atoms with E-state index in [9.17, 15) is 4.79 Å². The van der Waals surface area contributed by atoms with Crippen molar-refractivity contribution in [2.24, 2.45) is 0 Å². The molecule has 0 aliphatic heterocycles. The Bertz CT molecular complexity index is 156. The highest BCUT2D eigenvalue weighted by Gasteiger charge is 1.85. The molecule has 0 N–H and O–H groups in total. The number of hydrogen-bond donors (Lipinski definition) is 0. The molecular weight excluding hydrogens is 148 g/mol. The van der Waals surface area contributed by atoms with Crippen LogP contribution in [0.3, 0.4) is 0 Å². The molecule has 0 fully saturated rings. The molecule has 0 aromatic heterocycles. The summed E-state index contributed by atoms with van der Waals surface area (Å²) in [7, 11) is 0. The van der Waals surface area contributed by atoms with Gasteiger partial charge < -0.3 is 0 Å². The van der Waals surface area contributed by atoms with Crippen molar-refractivity contribution >= 4 is 5.78 Å². The van der Waals surface area contributed by atoms with Gasteiger partial charge in [-0.05, 0) is 38.7 Å². The summed E-state index contributed by atoms with van der Waals surface area (Å²) in [6.45, 7) is 5.24. The molecule has 0 spiro atoms. The number of carbonyl (C=O) groups excluding carboxylic acids is 1. The molecule has 0 bridgehead atoms. The van der Waals surface area contributed by atoms with Crippen LogP contribution in [-0.4, -0.2) is 5.78 Å². The predicted molar refractivity (Wildman–Crippen MR) is 53.1 cm³/mol. The first-order valence-electron chi connectivity index (χ1n) is 4.55. The van der Waals surface area contributed by atoms with Crippen LogP contribution >= 0.6 is 0 Å². The van der Waals surface area contributed by atoms with Crippen LogP contribution in [-0.2, 0) is 4.79 Å². The number of carbonyl (C=O) groups is 1. The zero-order chi connectivity index (χ0) is 9.23. The molecule has 0 aromatic carbocycles. The second-order valence-corrected chi connectivity index (χ2v) is 2.94. The van der Waals surface area contributed by atoms with Crippen LogP contribution in [0.25, 0.3) is 0 Å². The predicted octanol–water partition coefficient (Wildman–Crippen LogP) is 3.27. The number of allylic oxidation sites excluding steroid dienone is 3. The Balaban J connectivity index is 3.10. The van der Waals surface area contributed by atoms with Crippen molar-refractivity contribution in [2.75, 3.05) is 0 Å². The fraction of sp³-hybridized carbons (Fsp3) is 0.545. The summed E-state index contributed by atoms with van der Waals surface area (Å²) < 4.78 is 0. The van der Waals surface area contributed by atoms with Crippen molar-refractivity contribution in [1.29, 1.82) is 0 Å². The van der Waals surface area contributed by atoms with Crippen molar-refractivity contribution in [3.05, 3.63) is 24.8 Å². The van der Waals surface area contributed by atoms with Gasteiger partial charge in [-0.1, -0.05) is 18.6 Å². The average Bonchev–Trinajstić information content (AvgIpc) is 2.02. The van der Waals surface area contributed by atoms with E-state index < -0.39 is 0 Å². The summed E-state index contributed by atoms with van der Waals surface area (Å²) in [5.74, 6) is 0.140.